The second-order valence-corrected chi connectivity index (χ2v) is 3.97. The summed E-state index contributed by atoms with van der Waals surface area (Å²) in [7, 11) is 0. The standard InChI is InChI=1S/C11H12N6O3/c1-6-2-3-7(4-8(6)10(18)19)13-11(20)12-5-9-14-16-17-15-9/h2-4H,5H2,1H3,(H,18,19)(H2,12,13,20)(H,14,15,16,17). The van der Waals surface area contributed by atoms with Crippen LogP contribution < -0.4 is 10.6 Å². The fourth-order valence-corrected chi connectivity index (χ4v) is 1.52. The molecule has 0 saturated heterocycles. The molecular formula is C11H12N6O3. The molecule has 2 amide bonds. The Morgan fingerprint density at radius 2 is 2.20 bits per heavy atom. The second kappa shape index (κ2) is 5.78. The van der Waals surface area contributed by atoms with Gasteiger partial charge in [0.1, 0.15) is 0 Å². The van der Waals surface area contributed by atoms with Gasteiger partial charge in [-0.25, -0.2) is 9.59 Å². The van der Waals surface area contributed by atoms with E-state index in [-0.39, 0.29) is 12.1 Å². The number of rotatable bonds is 4. The number of nitrogens with zero attached hydrogens (tertiary/aromatic N) is 3. The van der Waals surface area contributed by atoms with Crippen LogP contribution in [-0.2, 0) is 6.54 Å². The van der Waals surface area contributed by atoms with Crippen LogP contribution in [0, 0.1) is 6.92 Å². The van der Waals surface area contributed by atoms with Crippen molar-refractivity contribution in [3.05, 3.63) is 35.2 Å². The van der Waals surface area contributed by atoms with Gasteiger partial charge in [-0.15, -0.1) is 10.2 Å². The lowest BCUT2D eigenvalue weighted by Crippen LogP contribution is -2.28. The van der Waals surface area contributed by atoms with Gasteiger partial charge in [0.25, 0.3) is 0 Å². The van der Waals surface area contributed by atoms with Crippen LogP contribution in [0.3, 0.4) is 0 Å². The van der Waals surface area contributed by atoms with Crippen LogP contribution in [0.2, 0.25) is 0 Å². The molecule has 0 aliphatic heterocycles. The van der Waals surface area contributed by atoms with E-state index < -0.39 is 12.0 Å². The molecule has 0 aliphatic carbocycles. The molecule has 0 saturated carbocycles. The van der Waals surface area contributed by atoms with Gasteiger partial charge in [0.05, 0.1) is 12.1 Å². The summed E-state index contributed by atoms with van der Waals surface area (Å²) < 4.78 is 0. The lowest BCUT2D eigenvalue weighted by atomic mass is 10.1. The van der Waals surface area contributed by atoms with Crippen LogP contribution >= 0.6 is 0 Å². The van der Waals surface area contributed by atoms with Gasteiger partial charge in [0.2, 0.25) is 0 Å². The lowest BCUT2D eigenvalue weighted by Gasteiger charge is -2.08. The van der Waals surface area contributed by atoms with E-state index in [1.54, 1.807) is 19.1 Å². The summed E-state index contributed by atoms with van der Waals surface area (Å²) >= 11 is 0. The van der Waals surface area contributed by atoms with Gasteiger partial charge in [-0.1, -0.05) is 11.3 Å². The Morgan fingerprint density at radius 1 is 1.40 bits per heavy atom. The summed E-state index contributed by atoms with van der Waals surface area (Å²) in [6.07, 6.45) is 0. The lowest BCUT2D eigenvalue weighted by molar-refractivity contribution is 0.0696. The highest BCUT2D eigenvalue weighted by atomic mass is 16.4. The number of carboxylic acids is 1. The maximum Gasteiger partial charge on any atom is 0.336 e. The molecular weight excluding hydrogens is 264 g/mol. The van der Waals surface area contributed by atoms with Crippen molar-refractivity contribution in [1.29, 1.82) is 0 Å². The number of carbonyl (C=O) groups excluding carboxylic acids is 1. The van der Waals surface area contributed by atoms with Crippen LogP contribution in [0.25, 0.3) is 0 Å². The molecule has 0 unspecified atom stereocenters. The first-order valence-electron chi connectivity index (χ1n) is 5.67. The van der Waals surface area contributed by atoms with Gasteiger partial charge >= 0.3 is 12.0 Å². The van der Waals surface area contributed by atoms with Gasteiger partial charge in [-0.05, 0) is 24.6 Å². The number of hydrogen-bond donors (Lipinski definition) is 4. The van der Waals surface area contributed by atoms with E-state index in [0.717, 1.165) is 0 Å². The number of hydrogen-bond acceptors (Lipinski definition) is 5. The molecule has 104 valence electrons. The van der Waals surface area contributed by atoms with Crippen molar-refractivity contribution in [2.45, 2.75) is 13.5 Å². The van der Waals surface area contributed by atoms with Crippen molar-refractivity contribution in [2.75, 3.05) is 5.32 Å². The zero-order valence-corrected chi connectivity index (χ0v) is 10.5. The molecule has 1 heterocycles. The van der Waals surface area contributed by atoms with Gasteiger partial charge in [0.15, 0.2) is 5.82 Å². The van der Waals surface area contributed by atoms with Gasteiger partial charge in [-0.3, -0.25) is 0 Å². The first-order valence-corrected chi connectivity index (χ1v) is 5.67. The van der Waals surface area contributed by atoms with Crippen molar-refractivity contribution >= 4 is 17.7 Å². The zero-order chi connectivity index (χ0) is 14.5. The maximum absolute atomic E-state index is 11.6. The summed E-state index contributed by atoms with van der Waals surface area (Å²) in [6, 6.07) is 4.15. The van der Waals surface area contributed by atoms with Gasteiger partial charge < -0.3 is 15.7 Å². The molecule has 0 bridgehead atoms. The molecule has 9 nitrogen and oxygen atoms in total. The molecule has 2 aromatic rings. The maximum atomic E-state index is 11.6. The molecule has 0 atom stereocenters. The summed E-state index contributed by atoms with van der Waals surface area (Å²) in [6.45, 7) is 1.80. The quantitative estimate of drug-likeness (QED) is 0.643. The number of carboxylic acid groups (broad SMARTS) is 1. The molecule has 4 N–H and O–H groups in total. The Morgan fingerprint density at radius 3 is 2.85 bits per heavy atom. The summed E-state index contributed by atoms with van der Waals surface area (Å²) in [5.41, 5.74) is 1.15. The fraction of sp³-hybridized carbons (Fsp3) is 0.182. The number of aromatic nitrogens is 4. The number of tetrazole rings is 1. The Hall–Kier alpha value is -2.97. The molecule has 0 aliphatic rings. The highest BCUT2D eigenvalue weighted by Gasteiger charge is 2.09. The van der Waals surface area contributed by atoms with E-state index in [1.807, 2.05) is 0 Å². The van der Waals surface area contributed by atoms with Crippen molar-refractivity contribution in [3.8, 4) is 0 Å². The molecule has 0 fully saturated rings. The molecule has 0 radical (unpaired) electrons. The summed E-state index contributed by atoms with van der Waals surface area (Å²) in [4.78, 5) is 22.6. The third-order valence-corrected chi connectivity index (χ3v) is 2.52. The number of aromatic carboxylic acids is 1. The minimum Gasteiger partial charge on any atom is -0.478 e. The number of urea groups is 1. The van der Waals surface area contributed by atoms with Crippen LogP contribution in [0.5, 0.6) is 0 Å². The Labute approximate surface area is 113 Å². The van der Waals surface area contributed by atoms with Crippen molar-refractivity contribution < 1.29 is 14.7 Å². The van der Waals surface area contributed by atoms with E-state index in [0.29, 0.717) is 17.1 Å². The monoisotopic (exact) mass is 276 g/mol. The molecule has 20 heavy (non-hydrogen) atoms. The van der Waals surface area contributed by atoms with Crippen LogP contribution in [0.4, 0.5) is 10.5 Å². The zero-order valence-electron chi connectivity index (χ0n) is 10.5. The predicted molar refractivity (Wildman–Crippen MR) is 68.2 cm³/mol. The van der Waals surface area contributed by atoms with Crippen molar-refractivity contribution in [3.63, 3.8) is 0 Å². The largest absolute Gasteiger partial charge is 0.478 e. The number of benzene rings is 1. The average Bonchev–Trinajstić information content (AvgIpc) is 2.91. The number of anilines is 1. The molecule has 9 heteroatoms. The smallest absolute Gasteiger partial charge is 0.336 e. The SMILES string of the molecule is Cc1ccc(NC(=O)NCc2nn[nH]n2)cc1C(=O)O. The number of aromatic amines is 1. The normalized spacial score (nSPS) is 10.1. The molecule has 1 aromatic carbocycles. The highest BCUT2D eigenvalue weighted by Crippen LogP contribution is 2.15. The van der Waals surface area contributed by atoms with Crippen molar-refractivity contribution in [1.82, 2.24) is 25.9 Å². The fourth-order valence-electron chi connectivity index (χ4n) is 1.52. The number of H-pyrrole nitrogens is 1. The first-order chi connectivity index (χ1) is 9.56. The Bertz CT molecular complexity index is 625. The number of amides is 2. The Balaban J connectivity index is 1.97. The van der Waals surface area contributed by atoms with E-state index in [2.05, 4.69) is 31.3 Å². The van der Waals surface area contributed by atoms with Crippen LogP contribution in [0.1, 0.15) is 21.7 Å². The first kappa shape index (κ1) is 13.5. The number of nitrogens with one attached hydrogen (secondary N) is 3. The molecule has 0 spiro atoms. The van der Waals surface area contributed by atoms with E-state index in [9.17, 15) is 9.59 Å². The van der Waals surface area contributed by atoms with Crippen LogP contribution in [0.15, 0.2) is 18.2 Å². The second-order valence-electron chi connectivity index (χ2n) is 3.97. The summed E-state index contributed by atoms with van der Waals surface area (Å²) in [5, 5.41) is 27.0. The van der Waals surface area contributed by atoms with E-state index in [4.69, 9.17) is 5.11 Å². The topological polar surface area (TPSA) is 133 Å². The minimum atomic E-state index is -1.04. The highest BCUT2D eigenvalue weighted by molar-refractivity contribution is 5.94. The average molecular weight is 276 g/mol. The third kappa shape index (κ3) is 3.28. The number of aryl methyl sites for hydroxylation is 1. The Kier molecular flexibility index (Phi) is 3.89. The van der Waals surface area contributed by atoms with Crippen LogP contribution in [-0.4, -0.2) is 37.7 Å². The summed E-state index contributed by atoms with van der Waals surface area (Å²) in [5.74, 6) is -0.700. The minimum absolute atomic E-state index is 0.111. The predicted octanol–water partition coefficient (Wildman–Crippen LogP) is 0.528. The van der Waals surface area contributed by atoms with E-state index >= 15 is 0 Å². The van der Waals surface area contributed by atoms with Gasteiger partial charge in [-0.2, -0.15) is 5.21 Å². The van der Waals surface area contributed by atoms with Crippen molar-refractivity contribution in [2.24, 2.45) is 0 Å². The molecule has 2 rings (SSSR count). The van der Waals surface area contributed by atoms with Gasteiger partial charge in [0, 0.05) is 5.69 Å². The van der Waals surface area contributed by atoms with E-state index in [1.165, 1.54) is 6.07 Å². The third-order valence-electron chi connectivity index (χ3n) is 2.52. The number of carbonyl (C=O) groups is 2. The molecule has 1 aromatic heterocycles.